The van der Waals surface area contributed by atoms with Crippen molar-refractivity contribution >= 4 is 0 Å². The van der Waals surface area contributed by atoms with Gasteiger partial charge in [0, 0.05) is 36.1 Å². The average molecular weight is 275 g/mol. The molecule has 21 heavy (non-hydrogen) atoms. The van der Waals surface area contributed by atoms with Crippen LogP contribution in [0.1, 0.15) is 18.3 Å². The van der Waals surface area contributed by atoms with Crippen LogP contribution in [0.5, 0.6) is 0 Å². The van der Waals surface area contributed by atoms with E-state index in [1.165, 1.54) is 5.56 Å². The van der Waals surface area contributed by atoms with Crippen molar-refractivity contribution in [3.63, 3.8) is 0 Å². The molecule has 0 N–H and O–H groups in total. The van der Waals surface area contributed by atoms with Crippen LogP contribution in [-0.2, 0) is 6.42 Å². The zero-order valence-corrected chi connectivity index (χ0v) is 12.2. The van der Waals surface area contributed by atoms with Gasteiger partial charge in [-0.2, -0.15) is 0 Å². The van der Waals surface area contributed by atoms with Gasteiger partial charge in [0.2, 0.25) is 0 Å². The van der Waals surface area contributed by atoms with Crippen LogP contribution < -0.4 is 0 Å². The van der Waals surface area contributed by atoms with Crippen molar-refractivity contribution in [3.8, 4) is 22.4 Å². The molecule has 3 nitrogen and oxygen atoms in total. The molecule has 2 aromatic heterocycles. The van der Waals surface area contributed by atoms with E-state index in [4.69, 9.17) is 0 Å². The molecule has 0 amide bonds. The van der Waals surface area contributed by atoms with E-state index >= 15 is 0 Å². The van der Waals surface area contributed by atoms with Crippen LogP contribution in [-0.4, -0.2) is 15.0 Å². The topological polar surface area (TPSA) is 38.7 Å². The largest absolute Gasteiger partial charge is 0.256 e. The molecule has 0 atom stereocenters. The molecule has 0 fully saturated rings. The quantitative estimate of drug-likeness (QED) is 0.723. The van der Waals surface area contributed by atoms with E-state index in [1.54, 1.807) is 0 Å². The lowest BCUT2D eigenvalue weighted by atomic mass is 10.0. The first-order valence-electron chi connectivity index (χ1n) is 7.11. The first-order valence-corrected chi connectivity index (χ1v) is 7.11. The average Bonchev–Trinajstić information content (AvgIpc) is 2.55. The molecule has 0 bridgehead atoms. The molecule has 0 aliphatic heterocycles. The molecule has 0 saturated carbocycles. The predicted octanol–water partition coefficient (Wildman–Crippen LogP) is 4.08. The van der Waals surface area contributed by atoms with E-state index in [9.17, 15) is 0 Å². The summed E-state index contributed by atoms with van der Waals surface area (Å²) in [6.07, 6.45) is 6.45. The van der Waals surface area contributed by atoms with E-state index in [0.717, 1.165) is 34.6 Å². The predicted molar refractivity (Wildman–Crippen MR) is 84.8 cm³/mol. The number of hydrogen-bond donors (Lipinski definition) is 0. The Bertz CT molecular complexity index is 748. The molecule has 0 radical (unpaired) electrons. The molecule has 0 aliphatic carbocycles. The van der Waals surface area contributed by atoms with Crippen LogP contribution in [0.2, 0.25) is 0 Å². The summed E-state index contributed by atoms with van der Waals surface area (Å²) in [7, 11) is 0. The third-order valence-corrected chi connectivity index (χ3v) is 3.54. The Morgan fingerprint density at radius 3 is 2.38 bits per heavy atom. The number of benzene rings is 1. The Balaban J connectivity index is 2.02. The highest BCUT2D eigenvalue weighted by Gasteiger charge is 2.05. The van der Waals surface area contributed by atoms with Gasteiger partial charge in [0.15, 0.2) is 0 Å². The summed E-state index contributed by atoms with van der Waals surface area (Å²) < 4.78 is 0. The van der Waals surface area contributed by atoms with E-state index < -0.39 is 0 Å². The first kappa shape index (κ1) is 13.4. The van der Waals surface area contributed by atoms with Crippen molar-refractivity contribution in [2.24, 2.45) is 0 Å². The second kappa shape index (κ2) is 5.83. The number of nitrogens with zero attached hydrogens (tertiary/aromatic N) is 3. The molecule has 3 aromatic rings. The second-order valence-corrected chi connectivity index (χ2v) is 4.99. The number of rotatable bonds is 3. The SMILES string of the molecule is CCc1ncc(-c2ccnc(-c3ccccc3C)c2)cn1. The van der Waals surface area contributed by atoms with Gasteiger partial charge in [-0.05, 0) is 30.2 Å². The summed E-state index contributed by atoms with van der Waals surface area (Å²) >= 11 is 0. The Morgan fingerprint density at radius 2 is 1.67 bits per heavy atom. The Kier molecular flexibility index (Phi) is 3.73. The van der Waals surface area contributed by atoms with Crippen molar-refractivity contribution in [1.82, 2.24) is 15.0 Å². The summed E-state index contributed by atoms with van der Waals surface area (Å²) in [5.74, 6) is 0.868. The van der Waals surface area contributed by atoms with Gasteiger partial charge in [0.1, 0.15) is 5.82 Å². The molecule has 0 spiro atoms. The standard InChI is InChI=1S/C18H17N3/c1-3-18-20-11-15(12-21-18)14-8-9-19-17(10-14)16-7-5-4-6-13(16)2/h4-12H,3H2,1-2H3. The summed E-state index contributed by atoms with van der Waals surface area (Å²) in [4.78, 5) is 13.2. The van der Waals surface area contributed by atoms with Gasteiger partial charge in [-0.1, -0.05) is 31.2 Å². The van der Waals surface area contributed by atoms with Crippen molar-refractivity contribution < 1.29 is 0 Å². The van der Waals surface area contributed by atoms with E-state index in [2.05, 4.69) is 47.0 Å². The van der Waals surface area contributed by atoms with E-state index in [-0.39, 0.29) is 0 Å². The fourth-order valence-corrected chi connectivity index (χ4v) is 2.30. The fraction of sp³-hybridized carbons (Fsp3) is 0.167. The van der Waals surface area contributed by atoms with Crippen LogP contribution in [0, 0.1) is 6.92 Å². The summed E-state index contributed by atoms with van der Waals surface area (Å²) in [5.41, 5.74) is 5.46. The molecular formula is C18H17N3. The van der Waals surface area contributed by atoms with Crippen LogP contribution in [0.3, 0.4) is 0 Å². The minimum atomic E-state index is 0.852. The van der Waals surface area contributed by atoms with Crippen molar-refractivity contribution in [2.45, 2.75) is 20.3 Å². The first-order chi connectivity index (χ1) is 10.3. The molecular weight excluding hydrogens is 258 g/mol. The van der Waals surface area contributed by atoms with Crippen LogP contribution in [0.15, 0.2) is 55.0 Å². The molecule has 0 aliphatic rings. The molecule has 0 unspecified atom stereocenters. The van der Waals surface area contributed by atoms with Crippen molar-refractivity contribution in [3.05, 3.63) is 66.4 Å². The maximum Gasteiger partial charge on any atom is 0.127 e. The molecule has 3 heteroatoms. The van der Waals surface area contributed by atoms with Crippen LogP contribution in [0.25, 0.3) is 22.4 Å². The molecule has 1 aromatic carbocycles. The van der Waals surface area contributed by atoms with Crippen molar-refractivity contribution in [1.29, 1.82) is 0 Å². The lowest BCUT2D eigenvalue weighted by molar-refractivity contribution is 0.941. The van der Waals surface area contributed by atoms with Crippen LogP contribution in [0.4, 0.5) is 0 Å². The zero-order valence-electron chi connectivity index (χ0n) is 12.2. The number of aromatic nitrogens is 3. The van der Waals surface area contributed by atoms with Gasteiger partial charge >= 0.3 is 0 Å². The van der Waals surface area contributed by atoms with E-state index in [0.29, 0.717) is 0 Å². The summed E-state index contributed by atoms with van der Waals surface area (Å²) in [6.45, 7) is 4.15. The van der Waals surface area contributed by atoms with Crippen molar-refractivity contribution in [2.75, 3.05) is 0 Å². The Morgan fingerprint density at radius 1 is 0.905 bits per heavy atom. The minimum absolute atomic E-state index is 0.852. The zero-order chi connectivity index (χ0) is 14.7. The normalized spacial score (nSPS) is 10.6. The van der Waals surface area contributed by atoms with Gasteiger partial charge in [-0.15, -0.1) is 0 Å². The molecule has 2 heterocycles. The Labute approximate surface area is 124 Å². The lowest BCUT2D eigenvalue weighted by Gasteiger charge is -2.07. The monoisotopic (exact) mass is 275 g/mol. The van der Waals surface area contributed by atoms with Gasteiger partial charge in [0.25, 0.3) is 0 Å². The molecule has 0 saturated heterocycles. The number of aryl methyl sites for hydroxylation is 2. The number of pyridine rings is 1. The van der Waals surface area contributed by atoms with Gasteiger partial charge < -0.3 is 0 Å². The van der Waals surface area contributed by atoms with Gasteiger partial charge in [0.05, 0.1) is 5.69 Å². The molecule has 3 rings (SSSR count). The number of hydrogen-bond acceptors (Lipinski definition) is 3. The highest BCUT2D eigenvalue weighted by atomic mass is 14.9. The highest BCUT2D eigenvalue weighted by molar-refractivity contribution is 5.71. The maximum absolute atomic E-state index is 4.49. The summed E-state index contributed by atoms with van der Waals surface area (Å²) in [5, 5.41) is 0. The fourth-order valence-electron chi connectivity index (χ4n) is 2.30. The maximum atomic E-state index is 4.49. The van der Waals surface area contributed by atoms with Gasteiger partial charge in [-0.25, -0.2) is 9.97 Å². The Hall–Kier alpha value is -2.55. The van der Waals surface area contributed by atoms with E-state index in [1.807, 2.05) is 36.8 Å². The lowest BCUT2D eigenvalue weighted by Crippen LogP contribution is -1.93. The third kappa shape index (κ3) is 2.82. The minimum Gasteiger partial charge on any atom is -0.256 e. The second-order valence-electron chi connectivity index (χ2n) is 4.99. The molecule has 104 valence electrons. The smallest absolute Gasteiger partial charge is 0.127 e. The van der Waals surface area contributed by atoms with Gasteiger partial charge in [-0.3, -0.25) is 4.98 Å². The highest BCUT2D eigenvalue weighted by Crippen LogP contribution is 2.25. The summed E-state index contributed by atoms with van der Waals surface area (Å²) in [6, 6.07) is 12.4. The third-order valence-electron chi connectivity index (χ3n) is 3.54. The van der Waals surface area contributed by atoms with Crippen LogP contribution >= 0.6 is 0 Å².